The van der Waals surface area contributed by atoms with Crippen molar-refractivity contribution in [2.75, 3.05) is 44.3 Å². The summed E-state index contributed by atoms with van der Waals surface area (Å²) in [5.74, 6) is -0.199. The third-order valence-corrected chi connectivity index (χ3v) is 3.17. The summed E-state index contributed by atoms with van der Waals surface area (Å²) in [5.41, 5.74) is 1.07. The Morgan fingerprint density at radius 1 is 1.00 bits per heavy atom. The van der Waals surface area contributed by atoms with Crippen molar-refractivity contribution < 1.29 is 8.78 Å². The minimum absolute atomic E-state index is 0.199. The molecule has 2 rings (SSSR count). The van der Waals surface area contributed by atoms with E-state index in [9.17, 15) is 8.78 Å². The highest BCUT2D eigenvalue weighted by Gasteiger charge is 2.16. The van der Waals surface area contributed by atoms with Crippen LogP contribution in [0.2, 0.25) is 0 Å². The summed E-state index contributed by atoms with van der Waals surface area (Å²) in [7, 11) is 0. The molecule has 1 aromatic carbocycles. The van der Waals surface area contributed by atoms with E-state index in [-0.39, 0.29) is 12.5 Å². The van der Waals surface area contributed by atoms with Gasteiger partial charge in [-0.05, 0) is 30.7 Å². The van der Waals surface area contributed by atoms with Gasteiger partial charge in [0.15, 0.2) is 0 Å². The summed E-state index contributed by atoms with van der Waals surface area (Å²) >= 11 is 0. The Labute approximate surface area is 101 Å². The van der Waals surface area contributed by atoms with Gasteiger partial charge in [0.25, 0.3) is 0 Å². The summed E-state index contributed by atoms with van der Waals surface area (Å²) in [5, 5.41) is 0. The van der Waals surface area contributed by atoms with E-state index in [1.807, 2.05) is 12.1 Å². The van der Waals surface area contributed by atoms with E-state index in [1.54, 1.807) is 0 Å². The van der Waals surface area contributed by atoms with Gasteiger partial charge in [-0.3, -0.25) is 9.29 Å². The van der Waals surface area contributed by atoms with Crippen LogP contribution in [0.3, 0.4) is 0 Å². The molecular formula is C13H18F2N2. The Kier molecular flexibility index (Phi) is 4.31. The molecule has 2 nitrogen and oxygen atoms in total. The van der Waals surface area contributed by atoms with E-state index in [2.05, 4.69) is 9.80 Å². The number of nitrogens with zero attached hydrogens (tertiary/aromatic N) is 2. The van der Waals surface area contributed by atoms with Crippen LogP contribution in [0.4, 0.5) is 14.5 Å². The average Bonchev–Trinajstić information content (AvgIpc) is 2.38. The number of piperazine rings is 1. The van der Waals surface area contributed by atoms with E-state index in [0.717, 1.165) is 38.4 Å². The lowest BCUT2D eigenvalue weighted by atomic mass is 10.2. The van der Waals surface area contributed by atoms with Crippen LogP contribution in [0.15, 0.2) is 24.3 Å². The summed E-state index contributed by atoms with van der Waals surface area (Å²) < 4.78 is 24.8. The van der Waals surface area contributed by atoms with Crippen LogP contribution in [0.5, 0.6) is 0 Å². The zero-order valence-corrected chi connectivity index (χ0v) is 9.91. The molecule has 4 heteroatoms. The number of alkyl halides is 1. The standard InChI is InChI=1S/C13H18F2N2/c14-6-1-7-16-8-10-17(11-9-16)13-4-2-12(15)3-5-13/h2-5H,1,6-11H2. The number of halogens is 2. The van der Waals surface area contributed by atoms with Gasteiger partial charge >= 0.3 is 0 Å². The molecule has 0 spiro atoms. The molecule has 94 valence electrons. The predicted molar refractivity (Wildman–Crippen MR) is 65.6 cm³/mol. The van der Waals surface area contributed by atoms with Crippen LogP contribution in [0.25, 0.3) is 0 Å². The lowest BCUT2D eigenvalue weighted by molar-refractivity contribution is 0.245. The van der Waals surface area contributed by atoms with Crippen LogP contribution in [0, 0.1) is 5.82 Å². The second-order valence-corrected chi connectivity index (χ2v) is 4.35. The van der Waals surface area contributed by atoms with Crippen LogP contribution in [-0.4, -0.2) is 44.3 Å². The Balaban J connectivity index is 1.84. The minimum atomic E-state index is -0.238. The molecule has 17 heavy (non-hydrogen) atoms. The van der Waals surface area contributed by atoms with Gasteiger partial charge < -0.3 is 4.90 Å². The first-order valence-corrected chi connectivity index (χ1v) is 6.08. The van der Waals surface area contributed by atoms with Gasteiger partial charge in [-0.2, -0.15) is 0 Å². The van der Waals surface area contributed by atoms with Crippen molar-refractivity contribution in [2.24, 2.45) is 0 Å². The summed E-state index contributed by atoms with van der Waals surface area (Å²) in [6, 6.07) is 6.61. The highest BCUT2D eigenvalue weighted by atomic mass is 19.1. The van der Waals surface area contributed by atoms with E-state index >= 15 is 0 Å². The van der Waals surface area contributed by atoms with Gasteiger partial charge in [-0.15, -0.1) is 0 Å². The molecule has 0 bridgehead atoms. The molecule has 0 amide bonds. The maximum atomic E-state index is 12.8. The first-order valence-electron chi connectivity index (χ1n) is 6.08. The fourth-order valence-corrected chi connectivity index (χ4v) is 2.16. The lowest BCUT2D eigenvalue weighted by Crippen LogP contribution is -2.46. The zero-order chi connectivity index (χ0) is 12.1. The molecular weight excluding hydrogens is 222 g/mol. The highest BCUT2D eigenvalue weighted by Crippen LogP contribution is 2.16. The molecule has 0 unspecified atom stereocenters. The smallest absolute Gasteiger partial charge is 0.123 e. The normalized spacial score (nSPS) is 17.4. The van der Waals surface area contributed by atoms with E-state index in [0.29, 0.717) is 6.42 Å². The SMILES string of the molecule is FCCCN1CCN(c2ccc(F)cc2)CC1. The molecule has 1 heterocycles. The van der Waals surface area contributed by atoms with E-state index in [4.69, 9.17) is 0 Å². The fraction of sp³-hybridized carbons (Fsp3) is 0.538. The maximum Gasteiger partial charge on any atom is 0.123 e. The molecule has 1 fully saturated rings. The molecule has 0 saturated carbocycles. The average molecular weight is 240 g/mol. The number of anilines is 1. The summed E-state index contributed by atoms with van der Waals surface area (Å²) in [4.78, 5) is 4.52. The third-order valence-electron chi connectivity index (χ3n) is 3.17. The van der Waals surface area contributed by atoms with Gasteiger partial charge in [-0.25, -0.2) is 4.39 Å². The molecule has 0 N–H and O–H groups in total. The first-order chi connectivity index (χ1) is 8.29. The Morgan fingerprint density at radius 2 is 1.65 bits per heavy atom. The molecule has 0 atom stereocenters. The number of rotatable bonds is 4. The topological polar surface area (TPSA) is 6.48 Å². The van der Waals surface area contributed by atoms with Crippen LogP contribution in [0.1, 0.15) is 6.42 Å². The van der Waals surface area contributed by atoms with Crippen molar-refractivity contribution >= 4 is 5.69 Å². The van der Waals surface area contributed by atoms with Crippen molar-refractivity contribution in [1.82, 2.24) is 4.90 Å². The van der Waals surface area contributed by atoms with Crippen LogP contribution >= 0.6 is 0 Å². The second kappa shape index (κ2) is 5.96. The molecule has 1 aliphatic rings. The van der Waals surface area contributed by atoms with E-state index < -0.39 is 0 Å². The van der Waals surface area contributed by atoms with Crippen molar-refractivity contribution in [3.63, 3.8) is 0 Å². The highest BCUT2D eigenvalue weighted by molar-refractivity contribution is 5.46. The minimum Gasteiger partial charge on any atom is -0.369 e. The Morgan fingerprint density at radius 3 is 2.24 bits per heavy atom. The van der Waals surface area contributed by atoms with Crippen LogP contribution in [-0.2, 0) is 0 Å². The van der Waals surface area contributed by atoms with Gasteiger partial charge in [0.05, 0.1) is 6.67 Å². The van der Waals surface area contributed by atoms with Gasteiger partial charge in [-0.1, -0.05) is 0 Å². The largest absolute Gasteiger partial charge is 0.369 e. The van der Waals surface area contributed by atoms with Crippen molar-refractivity contribution in [2.45, 2.75) is 6.42 Å². The van der Waals surface area contributed by atoms with E-state index in [1.165, 1.54) is 12.1 Å². The number of hydrogen-bond acceptors (Lipinski definition) is 2. The Bertz CT molecular complexity index is 332. The first kappa shape index (κ1) is 12.3. The van der Waals surface area contributed by atoms with Gasteiger partial charge in [0, 0.05) is 38.4 Å². The summed E-state index contributed by atoms with van der Waals surface area (Å²) in [6.07, 6.45) is 0.622. The molecule has 0 aliphatic carbocycles. The Hall–Kier alpha value is -1.16. The predicted octanol–water partition coefficient (Wildman–Crippen LogP) is 2.31. The van der Waals surface area contributed by atoms with Gasteiger partial charge in [0.2, 0.25) is 0 Å². The number of benzene rings is 1. The fourth-order valence-electron chi connectivity index (χ4n) is 2.16. The molecule has 1 saturated heterocycles. The quantitative estimate of drug-likeness (QED) is 0.797. The van der Waals surface area contributed by atoms with Crippen LogP contribution < -0.4 is 4.90 Å². The zero-order valence-electron chi connectivity index (χ0n) is 9.91. The molecule has 1 aromatic rings. The molecule has 0 radical (unpaired) electrons. The van der Waals surface area contributed by atoms with Crippen molar-refractivity contribution in [1.29, 1.82) is 0 Å². The number of hydrogen-bond donors (Lipinski definition) is 0. The third kappa shape index (κ3) is 3.40. The second-order valence-electron chi connectivity index (χ2n) is 4.35. The molecule has 0 aromatic heterocycles. The van der Waals surface area contributed by atoms with Crippen molar-refractivity contribution in [3.05, 3.63) is 30.1 Å². The van der Waals surface area contributed by atoms with Crippen molar-refractivity contribution in [3.8, 4) is 0 Å². The van der Waals surface area contributed by atoms with Gasteiger partial charge in [0.1, 0.15) is 5.82 Å². The lowest BCUT2D eigenvalue weighted by Gasteiger charge is -2.36. The molecule has 1 aliphatic heterocycles. The summed E-state index contributed by atoms with van der Waals surface area (Å²) in [6.45, 7) is 4.37. The maximum absolute atomic E-state index is 12.8. The monoisotopic (exact) mass is 240 g/mol.